The van der Waals surface area contributed by atoms with Crippen molar-refractivity contribution in [1.82, 2.24) is 4.90 Å². The molecule has 0 aromatic rings. The van der Waals surface area contributed by atoms with Crippen LogP contribution in [0, 0.1) is 40.9 Å². The van der Waals surface area contributed by atoms with Gasteiger partial charge in [0.05, 0.1) is 17.3 Å². The van der Waals surface area contributed by atoms with E-state index in [1.54, 1.807) is 0 Å². The minimum Gasteiger partial charge on any atom is -0.393 e. The molecular weight excluding hydrogens is 402 g/mol. The number of carbonyl (C=O) groups is 1. The molecule has 0 aromatic carbocycles. The fraction of sp³-hybridized carbons (Fsp3) is 0.889. The van der Waals surface area contributed by atoms with E-state index in [2.05, 4.69) is 18.7 Å². The van der Waals surface area contributed by atoms with Crippen LogP contribution in [0.4, 0.5) is 0 Å². The number of aliphatic hydroxyl groups is 3. The van der Waals surface area contributed by atoms with Gasteiger partial charge in [-0.15, -0.1) is 0 Å². The molecule has 2 saturated heterocycles. The zero-order chi connectivity index (χ0) is 22.6. The van der Waals surface area contributed by atoms with Crippen molar-refractivity contribution < 1.29 is 20.1 Å². The summed E-state index contributed by atoms with van der Waals surface area (Å²) in [5.41, 5.74) is -0.492. The molecule has 0 radical (unpaired) electrons. The predicted molar refractivity (Wildman–Crippen MR) is 122 cm³/mol. The van der Waals surface area contributed by atoms with Crippen molar-refractivity contribution in [3.63, 3.8) is 0 Å². The average Bonchev–Trinajstić information content (AvgIpc) is 3.01. The Labute approximate surface area is 192 Å². The molecule has 6 rings (SSSR count). The van der Waals surface area contributed by atoms with Gasteiger partial charge in [0.25, 0.3) is 0 Å². The van der Waals surface area contributed by atoms with E-state index in [-0.39, 0.29) is 40.9 Å². The normalized spacial score (nSPS) is 57.6. The molecular formula is C27H41NO4. The summed E-state index contributed by atoms with van der Waals surface area (Å²) in [6.45, 7) is 8.48. The van der Waals surface area contributed by atoms with Crippen LogP contribution in [0.1, 0.15) is 72.1 Å². The van der Waals surface area contributed by atoms with Crippen LogP contribution in [0.2, 0.25) is 0 Å². The van der Waals surface area contributed by atoms with Crippen LogP contribution < -0.4 is 0 Å². The first kappa shape index (κ1) is 21.8. The Morgan fingerprint density at radius 3 is 2.59 bits per heavy atom. The standard InChI is InChI=1S/C27H41NO4/c1-15-4-7-23-26(3,31)24-18(14-28(23)13-15)20-11-21-19(27(20,32)12-22(24)30)6-5-16-10-17(29)8-9-25(16,21)2/h10,15,18-24,30-32H,4-9,11-14H2,1-3H3. The summed E-state index contributed by atoms with van der Waals surface area (Å²) < 4.78 is 0. The molecule has 32 heavy (non-hydrogen) atoms. The number of piperidine rings is 2. The molecule has 6 aliphatic rings. The van der Waals surface area contributed by atoms with E-state index in [1.807, 2.05) is 13.0 Å². The Morgan fingerprint density at radius 1 is 1.03 bits per heavy atom. The summed E-state index contributed by atoms with van der Waals surface area (Å²) in [6.07, 6.45) is 8.05. The third kappa shape index (κ3) is 2.74. The lowest BCUT2D eigenvalue weighted by Gasteiger charge is -2.62. The van der Waals surface area contributed by atoms with Gasteiger partial charge in [-0.3, -0.25) is 9.69 Å². The third-order valence-corrected chi connectivity index (χ3v) is 11.4. The van der Waals surface area contributed by atoms with Gasteiger partial charge < -0.3 is 15.3 Å². The van der Waals surface area contributed by atoms with Gasteiger partial charge in [0.2, 0.25) is 0 Å². The monoisotopic (exact) mass is 443 g/mol. The van der Waals surface area contributed by atoms with Gasteiger partial charge in [-0.2, -0.15) is 0 Å². The second-order valence-corrected chi connectivity index (χ2v) is 13.0. The van der Waals surface area contributed by atoms with Gasteiger partial charge in [-0.1, -0.05) is 19.4 Å². The van der Waals surface area contributed by atoms with Crippen LogP contribution in [-0.2, 0) is 4.79 Å². The zero-order valence-corrected chi connectivity index (χ0v) is 20.0. The first-order valence-corrected chi connectivity index (χ1v) is 13.2. The van der Waals surface area contributed by atoms with Crippen molar-refractivity contribution in [2.45, 2.75) is 95.5 Å². The second kappa shape index (κ2) is 6.90. The molecule has 0 bridgehead atoms. The fourth-order valence-corrected chi connectivity index (χ4v) is 10.00. The molecule has 4 aliphatic carbocycles. The van der Waals surface area contributed by atoms with E-state index in [1.165, 1.54) is 5.57 Å². The Morgan fingerprint density at radius 2 is 1.81 bits per heavy atom. The lowest BCUT2D eigenvalue weighted by Crippen LogP contribution is -2.72. The van der Waals surface area contributed by atoms with Gasteiger partial charge in [0.1, 0.15) is 0 Å². The van der Waals surface area contributed by atoms with Gasteiger partial charge in [-0.05, 0) is 86.5 Å². The molecule has 178 valence electrons. The van der Waals surface area contributed by atoms with Crippen LogP contribution in [-0.4, -0.2) is 62.4 Å². The number of allylic oxidation sites excluding steroid dienone is 2. The molecule has 0 spiro atoms. The number of rotatable bonds is 0. The Balaban J connectivity index is 1.38. The van der Waals surface area contributed by atoms with Crippen LogP contribution >= 0.6 is 0 Å². The van der Waals surface area contributed by atoms with E-state index < -0.39 is 17.3 Å². The lowest BCUT2D eigenvalue weighted by atomic mass is 9.53. The van der Waals surface area contributed by atoms with E-state index in [0.29, 0.717) is 24.7 Å². The summed E-state index contributed by atoms with van der Waals surface area (Å²) in [5, 5.41) is 35.5. The minimum atomic E-state index is -0.927. The quantitative estimate of drug-likeness (QED) is 0.536. The minimum absolute atomic E-state index is 0.0102. The van der Waals surface area contributed by atoms with E-state index >= 15 is 0 Å². The summed E-state index contributed by atoms with van der Waals surface area (Å²) in [5.74, 6) is 1.49. The number of carbonyl (C=O) groups excluding carboxylic acids is 1. The molecule has 11 atom stereocenters. The van der Waals surface area contributed by atoms with E-state index in [4.69, 9.17) is 0 Å². The highest BCUT2D eigenvalue weighted by Crippen LogP contribution is 2.67. The van der Waals surface area contributed by atoms with Crippen LogP contribution in [0.5, 0.6) is 0 Å². The summed E-state index contributed by atoms with van der Waals surface area (Å²) in [4.78, 5) is 14.6. The van der Waals surface area contributed by atoms with Gasteiger partial charge in [0, 0.05) is 37.9 Å². The highest BCUT2D eigenvalue weighted by atomic mass is 16.3. The molecule has 5 nitrogen and oxygen atoms in total. The molecule has 2 aliphatic heterocycles. The van der Waals surface area contributed by atoms with Gasteiger partial charge in [0.15, 0.2) is 5.78 Å². The maximum atomic E-state index is 12.2. The van der Waals surface area contributed by atoms with Crippen LogP contribution in [0.3, 0.4) is 0 Å². The second-order valence-electron chi connectivity index (χ2n) is 13.0. The Hall–Kier alpha value is -0.750. The SMILES string of the molecule is CC1CCC2N(C1)CC1C(C(O)CC3(O)C1CC1C3CCC3=CC(=O)CCC31C)C2(C)O. The average molecular weight is 444 g/mol. The van der Waals surface area contributed by atoms with Crippen molar-refractivity contribution in [2.24, 2.45) is 40.9 Å². The number of fused-ring (bicyclic) bond motifs is 8. The smallest absolute Gasteiger partial charge is 0.155 e. The molecule has 0 amide bonds. The molecule has 3 saturated carbocycles. The number of aliphatic hydroxyl groups excluding tert-OH is 1. The molecule has 5 fully saturated rings. The number of nitrogens with zero attached hydrogens (tertiary/aromatic N) is 1. The molecule has 11 unspecified atom stereocenters. The Bertz CT molecular complexity index is 853. The molecule has 5 heteroatoms. The zero-order valence-electron chi connectivity index (χ0n) is 20.0. The third-order valence-electron chi connectivity index (χ3n) is 11.4. The van der Waals surface area contributed by atoms with Crippen LogP contribution in [0.25, 0.3) is 0 Å². The highest BCUT2D eigenvalue weighted by molar-refractivity contribution is 5.91. The number of ketones is 1. The highest BCUT2D eigenvalue weighted by Gasteiger charge is 2.69. The van der Waals surface area contributed by atoms with Gasteiger partial charge >= 0.3 is 0 Å². The summed E-state index contributed by atoms with van der Waals surface area (Å²) >= 11 is 0. The van der Waals surface area contributed by atoms with E-state index in [0.717, 1.165) is 51.6 Å². The lowest BCUT2D eigenvalue weighted by molar-refractivity contribution is -0.238. The molecule has 2 heterocycles. The van der Waals surface area contributed by atoms with E-state index in [9.17, 15) is 20.1 Å². The number of hydrogen-bond acceptors (Lipinski definition) is 5. The van der Waals surface area contributed by atoms with Crippen molar-refractivity contribution >= 4 is 5.78 Å². The maximum absolute atomic E-state index is 12.2. The fourth-order valence-electron chi connectivity index (χ4n) is 10.00. The van der Waals surface area contributed by atoms with Crippen LogP contribution in [0.15, 0.2) is 11.6 Å². The van der Waals surface area contributed by atoms with Crippen molar-refractivity contribution in [2.75, 3.05) is 13.1 Å². The maximum Gasteiger partial charge on any atom is 0.155 e. The summed E-state index contributed by atoms with van der Waals surface area (Å²) in [7, 11) is 0. The first-order chi connectivity index (χ1) is 15.1. The Kier molecular flexibility index (Phi) is 4.69. The molecule has 3 N–H and O–H groups in total. The van der Waals surface area contributed by atoms with Crippen molar-refractivity contribution in [3.8, 4) is 0 Å². The van der Waals surface area contributed by atoms with Crippen molar-refractivity contribution in [1.29, 1.82) is 0 Å². The topological polar surface area (TPSA) is 81.0 Å². The number of hydrogen-bond donors (Lipinski definition) is 3. The first-order valence-electron chi connectivity index (χ1n) is 13.2. The summed E-state index contributed by atoms with van der Waals surface area (Å²) in [6, 6.07) is 0.112. The molecule has 0 aromatic heterocycles. The largest absolute Gasteiger partial charge is 0.393 e. The van der Waals surface area contributed by atoms with Crippen molar-refractivity contribution in [3.05, 3.63) is 11.6 Å². The van der Waals surface area contributed by atoms with Gasteiger partial charge in [-0.25, -0.2) is 0 Å². The predicted octanol–water partition coefficient (Wildman–Crippen LogP) is 2.92.